The minimum absolute atomic E-state index is 0.227. The first-order chi connectivity index (χ1) is 15.6. The van der Waals surface area contributed by atoms with Crippen molar-refractivity contribution in [2.45, 2.75) is 30.8 Å². The number of rotatable bonds is 6. The summed E-state index contributed by atoms with van der Waals surface area (Å²) in [5.41, 5.74) is 3.83. The molecule has 3 heterocycles. The molecular weight excluding hydrogens is 396 g/mol. The molecule has 3 aliphatic heterocycles. The standard InChI is InChI=1S/C28H30N2O2/c1-29(24-15-9-8-14-23(24)28(31)32)26-22-16-18-30(19-17-22)27(26)25(20-10-4-2-5-11-20)21-12-6-3-7-13-21/h2-15,22,25-27H,16-19H2,1H3,(H,31,32)/t26-,27-/m1/s1. The van der Waals surface area contributed by atoms with E-state index in [0.29, 0.717) is 11.5 Å². The van der Waals surface area contributed by atoms with Crippen LogP contribution in [0.4, 0.5) is 5.69 Å². The lowest BCUT2D eigenvalue weighted by Crippen LogP contribution is -2.65. The Hall–Kier alpha value is -3.11. The summed E-state index contributed by atoms with van der Waals surface area (Å²) in [4.78, 5) is 16.9. The summed E-state index contributed by atoms with van der Waals surface area (Å²) in [5.74, 6) is -0.0929. The molecule has 3 aromatic carbocycles. The van der Waals surface area contributed by atoms with Crippen molar-refractivity contribution in [3.05, 3.63) is 102 Å². The molecule has 3 aliphatic rings. The first-order valence-corrected chi connectivity index (χ1v) is 11.5. The normalized spacial score (nSPS) is 24.4. The highest BCUT2D eigenvalue weighted by atomic mass is 16.4. The van der Waals surface area contributed by atoms with Crippen LogP contribution in [0.1, 0.15) is 40.2 Å². The van der Waals surface area contributed by atoms with Crippen LogP contribution in [0.25, 0.3) is 0 Å². The van der Waals surface area contributed by atoms with Gasteiger partial charge in [-0.05, 0) is 55.1 Å². The van der Waals surface area contributed by atoms with E-state index in [4.69, 9.17) is 0 Å². The lowest BCUT2D eigenvalue weighted by molar-refractivity contribution is 0.0185. The largest absolute Gasteiger partial charge is 0.478 e. The maximum absolute atomic E-state index is 12.0. The molecule has 0 radical (unpaired) electrons. The van der Waals surface area contributed by atoms with Gasteiger partial charge in [-0.25, -0.2) is 4.79 Å². The van der Waals surface area contributed by atoms with Gasteiger partial charge in [0.1, 0.15) is 0 Å². The molecule has 2 bridgehead atoms. The van der Waals surface area contributed by atoms with E-state index in [1.807, 2.05) is 18.2 Å². The van der Waals surface area contributed by atoms with Crippen LogP contribution < -0.4 is 4.90 Å². The highest BCUT2D eigenvalue weighted by Gasteiger charge is 2.48. The maximum atomic E-state index is 12.0. The first kappa shape index (κ1) is 20.8. The van der Waals surface area contributed by atoms with Crippen LogP contribution in [-0.4, -0.2) is 48.2 Å². The summed E-state index contributed by atoms with van der Waals surface area (Å²) in [5, 5.41) is 9.84. The molecule has 2 atom stereocenters. The number of nitrogens with zero attached hydrogens (tertiary/aromatic N) is 2. The molecule has 4 nitrogen and oxygen atoms in total. The molecule has 0 aromatic heterocycles. The number of likely N-dealkylation sites (N-methyl/N-ethyl adjacent to an activating group) is 1. The zero-order valence-electron chi connectivity index (χ0n) is 18.5. The Morgan fingerprint density at radius 1 is 0.875 bits per heavy atom. The predicted molar refractivity (Wildman–Crippen MR) is 128 cm³/mol. The van der Waals surface area contributed by atoms with Crippen molar-refractivity contribution < 1.29 is 9.90 Å². The zero-order valence-corrected chi connectivity index (χ0v) is 18.5. The number of piperidine rings is 3. The van der Waals surface area contributed by atoms with Crippen molar-refractivity contribution >= 4 is 11.7 Å². The van der Waals surface area contributed by atoms with Gasteiger partial charge in [-0.2, -0.15) is 0 Å². The summed E-state index contributed by atoms with van der Waals surface area (Å²) in [6, 6.07) is 29.6. The van der Waals surface area contributed by atoms with Gasteiger partial charge in [0.2, 0.25) is 0 Å². The number of hydrogen-bond donors (Lipinski definition) is 1. The Kier molecular flexibility index (Phi) is 5.71. The molecule has 0 unspecified atom stereocenters. The molecule has 1 N–H and O–H groups in total. The van der Waals surface area contributed by atoms with E-state index < -0.39 is 5.97 Å². The zero-order chi connectivity index (χ0) is 22.1. The minimum atomic E-state index is -0.868. The number of carboxylic acid groups (broad SMARTS) is 1. The van der Waals surface area contributed by atoms with Gasteiger partial charge in [0, 0.05) is 25.0 Å². The average molecular weight is 427 g/mol. The first-order valence-electron chi connectivity index (χ1n) is 11.5. The summed E-state index contributed by atoms with van der Waals surface area (Å²) in [6.45, 7) is 2.22. The highest BCUT2D eigenvalue weighted by molar-refractivity contribution is 5.94. The number of para-hydroxylation sites is 1. The van der Waals surface area contributed by atoms with Crippen molar-refractivity contribution in [2.75, 3.05) is 25.0 Å². The fourth-order valence-corrected chi connectivity index (χ4v) is 6.04. The third-order valence-corrected chi connectivity index (χ3v) is 7.45. The number of hydrogen-bond acceptors (Lipinski definition) is 3. The fourth-order valence-electron chi connectivity index (χ4n) is 6.04. The van der Waals surface area contributed by atoms with E-state index in [2.05, 4.69) is 77.5 Å². The monoisotopic (exact) mass is 426 g/mol. The summed E-state index contributed by atoms with van der Waals surface area (Å²) >= 11 is 0. The topological polar surface area (TPSA) is 43.8 Å². The average Bonchev–Trinajstić information content (AvgIpc) is 2.86. The number of aromatic carboxylic acids is 1. The maximum Gasteiger partial charge on any atom is 0.337 e. The Bertz CT molecular complexity index is 1020. The molecule has 0 saturated carbocycles. The second kappa shape index (κ2) is 8.79. The summed E-state index contributed by atoms with van der Waals surface area (Å²) in [7, 11) is 2.09. The molecule has 0 spiro atoms. The van der Waals surface area contributed by atoms with Crippen molar-refractivity contribution in [3.8, 4) is 0 Å². The third kappa shape index (κ3) is 3.69. The molecule has 4 heteroatoms. The number of fused-ring (bicyclic) bond motifs is 3. The second-order valence-electron chi connectivity index (χ2n) is 9.09. The number of carboxylic acids is 1. The Balaban J connectivity index is 1.62. The van der Waals surface area contributed by atoms with Crippen LogP contribution in [0, 0.1) is 5.92 Å². The SMILES string of the molecule is CN(c1ccccc1C(=O)O)[C@@H]1C2CCN(CC2)[C@@H]1C(c1ccccc1)c1ccccc1. The molecule has 3 fully saturated rings. The Labute approximate surface area is 190 Å². The highest BCUT2D eigenvalue weighted by Crippen LogP contribution is 2.45. The van der Waals surface area contributed by atoms with Crippen LogP contribution >= 0.6 is 0 Å². The van der Waals surface area contributed by atoms with E-state index >= 15 is 0 Å². The second-order valence-corrected chi connectivity index (χ2v) is 9.09. The van der Waals surface area contributed by atoms with E-state index in [9.17, 15) is 9.90 Å². The van der Waals surface area contributed by atoms with Gasteiger partial charge in [-0.3, -0.25) is 4.90 Å². The molecular formula is C28H30N2O2. The van der Waals surface area contributed by atoms with Gasteiger partial charge < -0.3 is 10.0 Å². The predicted octanol–water partition coefficient (Wildman–Crippen LogP) is 5.12. The van der Waals surface area contributed by atoms with Crippen LogP contribution in [0.3, 0.4) is 0 Å². The van der Waals surface area contributed by atoms with E-state index in [1.165, 1.54) is 11.1 Å². The van der Waals surface area contributed by atoms with E-state index in [1.54, 1.807) is 6.07 Å². The van der Waals surface area contributed by atoms with Gasteiger partial charge >= 0.3 is 5.97 Å². The van der Waals surface area contributed by atoms with Gasteiger partial charge in [-0.1, -0.05) is 72.8 Å². The molecule has 3 saturated heterocycles. The molecule has 3 aromatic rings. The van der Waals surface area contributed by atoms with Gasteiger partial charge in [-0.15, -0.1) is 0 Å². The van der Waals surface area contributed by atoms with Crippen LogP contribution in [0.5, 0.6) is 0 Å². The number of anilines is 1. The van der Waals surface area contributed by atoms with Crippen LogP contribution in [-0.2, 0) is 0 Å². The number of carbonyl (C=O) groups is 1. The Morgan fingerprint density at radius 3 is 1.97 bits per heavy atom. The smallest absolute Gasteiger partial charge is 0.337 e. The minimum Gasteiger partial charge on any atom is -0.478 e. The van der Waals surface area contributed by atoms with Crippen LogP contribution in [0.15, 0.2) is 84.9 Å². The van der Waals surface area contributed by atoms with Crippen LogP contribution in [0.2, 0.25) is 0 Å². The lowest BCUT2D eigenvalue weighted by atomic mass is 9.70. The van der Waals surface area contributed by atoms with Crippen molar-refractivity contribution in [1.82, 2.24) is 4.90 Å². The van der Waals surface area contributed by atoms with Crippen molar-refractivity contribution in [3.63, 3.8) is 0 Å². The van der Waals surface area contributed by atoms with E-state index in [-0.39, 0.29) is 18.0 Å². The van der Waals surface area contributed by atoms with Gasteiger partial charge in [0.15, 0.2) is 0 Å². The summed E-state index contributed by atoms with van der Waals surface area (Å²) in [6.07, 6.45) is 2.33. The summed E-state index contributed by atoms with van der Waals surface area (Å²) < 4.78 is 0. The van der Waals surface area contributed by atoms with Crippen molar-refractivity contribution in [2.24, 2.45) is 5.92 Å². The molecule has 6 rings (SSSR count). The Morgan fingerprint density at radius 2 is 1.41 bits per heavy atom. The molecule has 0 aliphatic carbocycles. The number of benzene rings is 3. The van der Waals surface area contributed by atoms with Gasteiger partial charge in [0.25, 0.3) is 0 Å². The third-order valence-electron chi connectivity index (χ3n) is 7.45. The van der Waals surface area contributed by atoms with Crippen molar-refractivity contribution in [1.29, 1.82) is 0 Å². The fraction of sp³-hybridized carbons (Fsp3) is 0.321. The quantitative estimate of drug-likeness (QED) is 0.594. The molecule has 0 amide bonds. The van der Waals surface area contributed by atoms with Gasteiger partial charge in [0.05, 0.1) is 11.3 Å². The molecule has 164 valence electrons. The molecule has 32 heavy (non-hydrogen) atoms. The van der Waals surface area contributed by atoms with E-state index in [0.717, 1.165) is 31.6 Å². The lowest BCUT2D eigenvalue weighted by Gasteiger charge is -2.57.